The highest BCUT2D eigenvalue weighted by molar-refractivity contribution is 5.84. The van der Waals surface area contributed by atoms with Crippen LogP contribution in [0.15, 0.2) is 73.7 Å². The molecule has 5 nitrogen and oxygen atoms in total. The molecule has 0 saturated heterocycles. The lowest BCUT2D eigenvalue weighted by atomic mass is 10.1. The molecule has 0 N–H and O–H groups in total. The number of anilines is 1. The summed E-state index contributed by atoms with van der Waals surface area (Å²) >= 11 is 0. The van der Waals surface area contributed by atoms with Crippen molar-refractivity contribution < 1.29 is 0 Å². The molecule has 25 heavy (non-hydrogen) atoms. The molecule has 4 rings (SSSR count). The van der Waals surface area contributed by atoms with Gasteiger partial charge >= 0.3 is 0 Å². The number of pyridine rings is 2. The summed E-state index contributed by atoms with van der Waals surface area (Å²) in [5, 5.41) is 2.40. The van der Waals surface area contributed by atoms with Crippen LogP contribution in [0.1, 0.15) is 11.1 Å². The lowest BCUT2D eigenvalue weighted by molar-refractivity contribution is 0.791. The second kappa shape index (κ2) is 6.73. The van der Waals surface area contributed by atoms with Gasteiger partial charge < -0.3 is 9.47 Å². The van der Waals surface area contributed by atoms with Crippen LogP contribution in [0.25, 0.3) is 10.8 Å². The lowest BCUT2D eigenvalue weighted by Crippen LogP contribution is -2.18. The largest absolute Gasteiger partial charge is 0.355 e. The SMILES string of the molecule is CN(Cc1cccc2cnccc12)c1ccc(Cn2ccnc2)cn1. The van der Waals surface area contributed by atoms with E-state index < -0.39 is 0 Å². The monoisotopic (exact) mass is 329 g/mol. The van der Waals surface area contributed by atoms with Gasteiger partial charge in [-0.1, -0.05) is 24.3 Å². The Morgan fingerprint density at radius 3 is 2.76 bits per heavy atom. The van der Waals surface area contributed by atoms with Gasteiger partial charge in [-0.3, -0.25) is 4.98 Å². The molecule has 0 unspecified atom stereocenters. The molecule has 3 heterocycles. The van der Waals surface area contributed by atoms with Gasteiger partial charge in [-0.15, -0.1) is 0 Å². The van der Waals surface area contributed by atoms with E-state index in [0.717, 1.165) is 29.9 Å². The van der Waals surface area contributed by atoms with Crippen LogP contribution in [0, 0.1) is 0 Å². The van der Waals surface area contributed by atoms with Crippen LogP contribution in [-0.4, -0.2) is 26.6 Å². The predicted octanol–water partition coefficient (Wildman–Crippen LogP) is 3.51. The highest BCUT2D eigenvalue weighted by Crippen LogP contribution is 2.21. The minimum atomic E-state index is 0.785. The van der Waals surface area contributed by atoms with Crippen molar-refractivity contribution in [2.45, 2.75) is 13.1 Å². The third kappa shape index (κ3) is 3.35. The van der Waals surface area contributed by atoms with E-state index >= 15 is 0 Å². The maximum absolute atomic E-state index is 4.62. The fraction of sp³-hybridized carbons (Fsp3) is 0.150. The molecule has 0 spiro atoms. The van der Waals surface area contributed by atoms with Crippen molar-refractivity contribution >= 4 is 16.6 Å². The normalized spacial score (nSPS) is 10.9. The second-order valence-corrected chi connectivity index (χ2v) is 6.13. The molecule has 5 heteroatoms. The number of imidazole rings is 1. The van der Waals surface area contributed by atoms with Crippen molar-refractivity contribution in [1.82, 2.24) is 19.5 Å². The van der Waals surface area contributed by atoms with E-state index in [4.69, 9.17) is 0 Å². The molecular formula is C20H19N5. The average Bonchev–Trinajstić information content (AvgIpc) is 3.16. The van der Waals surface area contributed by atoms with Gasteiger partial charge in [0.25, 0.3) is 0 Å². The van der Waals surface area contributed by atoms with Crippen molar-refractivity contribution in [1.29, 1.82) is 0 Å². The Kier molecular flexibility index (Phi) is 4.12. The second-order valence-electron chi connectivity index (χ2n) is 6.13. The van der Waals surface area contributed by atoms with Crippen LogP contribution in [0.4, 0.5) is 5.82 Å². The highest BCUT2D eigenvalue weighted by Gasteiger charge is 2.07. The summed E-state index contributed by atoms with van der Waals surface area (Å²) in [6.45, 7) is 1.59. The first kappa shape index (κ1) is 15.3. The number of hydrogen-bond donors (Lipinski definition) is 0. The van der Waals surface area contributed by atoms with E-state index in [1.165, 1.54) is 10.9 Å². The van der Waals surface area contributed by atoms with Crippen LogP contribution in [-0.2, 0) is 13.1 Å². The molecule has 124 valence electrons. The van der Waals surface area contributed by atoms with Crippen LogP contribution < -0.4 is 4.90 Å². The Hall–Kier alpha value is -3.21. The topological polar surface area (TPSA) is 46.8 Å². The Balaban J connectivity index is 1.51. The molecule has 0 saturated carbocycles. The Morgan fingerprint density at radius 1 is 1.00 bits per heavy atom. The summed E-state index contributed by atoms with van der Waals surface area (Å²) in [6, 6.07) is 12.6. The van der Waals surface area contributed by atoms with E-state index in [-0.39, 0.29) is 0 Å². The molecule has 0 aliphatic carbocycles. The predicted molar refractivity (Wildman–Crippen MR) is 99.4 cm³/mol. The minimum Gasteiger partial charge on any atom is -0.355 e. The summed E-state index contributed by atoms with van der Waals surface area (Å²) < 4.78 is 2.03. The molecule has 3 aromatic heterocycles. The Morgan fingerprint density at radius 2 is 1.96 bits per heavy atom. The zero-order valence-electron chi connectivity index (χ0n) is 14.1. The Bertz CT molecular complexity index is 956. The summed E-state index contributed by atoms with van der Waals surface area (Å²) in [7, 11) is 2.07. The summed E-state index contributed by atoms with van der Waals surface area (Å²) in [5.41, 5.74) is 2.43. The number of aromatic nitrogens is 4. The van der Waals surface area contributed by atoms with Gasteiger partial charge in [0.1, 0.15) is 5.82 Å². The number of benzene rings is 1. The third-order valence-electron chi connectivity index (χ3n) is 4.30. The average molecular weight is 329 g/mol. The molecule has 4 aromatic rings. The molecule has 0 aliphatic heterocycles. The molecule has 0 amide bonds. The number of fused-ring (bicyclic) bond motifs is 1. The highest BCUT2D eigenvalue weighted by atomic mass is 15.2. The van der Waals surface area contributed by atoms with Gasteiger partial charge in [-0.25, -0.2) is 9.97 Å². The molecule has 1 aromatic carbocycles. The van der Waals surface area contributed by atoms with Crippen molar-refractivity contribution in [3.8, 4) is 0 Å². The minimum absolute atomic E-state index is 0.785. The van der Waals surface area contributed by atoms with Gasteiger partial charge in [0.05, 0.1) is 6.33 Å². The fourth-order valence-electron chi connectivity index (χ4n) is 2.99. The standard InChI is InChI=1S/C20H19N5/c1-24(14-18-4-2-3-17-12-21-8-7-19(17)18)20-6-5-16(11-23-20)13-25-10-9-22-15-25/h2-12,15H,13-14H2,1H3. The van der Waals surface area contributed by atoms with Crippen molar-refractivity contribution in [3.05, 3.63) is 84.8 Å². The van der Waals surface area contributed by atoms with Crippen molar-refractivity contribution in [2.24, 2.45) is 0 Å². The van der Waals surface area contributed by atoms with Crippen molar-refractivity contribution in [3.63, 3.8) is 0 Å². The van der Waals surface area contributed by atoms with Crippen molar-refractivity contribution in [2.75, 3.05) is 11.9 Å². The van der Waals surface area contributed by atoms with E-state index in [0.29, 0.717) is 0 Å². The van der Waals surface area contributed by atoms with Gasteiger partial charge in [0.2, 0.25) is 0 Å². The van der Waals surface area contributed by atoms with Crippen LogP contribution in [0.2, 0.25) is 0 Å². The third-order valence-corrected chi connectivity index (χ3v) is 4.30. The summed E-state index contributed by atoms with van der Waals surface area (Å²) in [5.74, 6) is 0.959. The number of nitrogens with zero attached hydrogens (tertiary/aromatic N) is 5. The zero-order chi connectivity index (χ0) is 17.1. The smallest absolute Gasteiger partial charge is 0.128 e. The van der Waals surface area contributed by atoms with Gasteiger partial charge in [0, 0.05) is 56.5 Å². The van der Waals surface area contributed by atoms with E-state index in [1.807, 2.05) is 35.7 Å². The van der Waals surface area contributed by atoms with Crippen LogP contribution in [0.3, 0.4) is 0 Å². The molecule has 0 radical (unpaired) electrons. The molecular weight excluding hydrogens is 310 g/mol. The summed E-state index contributed by atoms with van der Waals surface area (Å²) in [6.07, 6.45) is 11.2. The van der Waals surface area contributed by atoms with Gasteiger partial charge in [0.15, 0.2) is 0 Å². The first-order valence-corrected chi connectivity index (χ1v) is 8.23. The first-order valence-electron chi connectivity index (χ1n) is 8.23. The van der Waals surface area contributed by atoms with E-state index in [1.54, 1.807) is 6.20 Å². The van der Waals surface area contributed by atoms with Crippen LogP contribution >= 0.6 is 0 Å². The maximum atomic E-state index is 4.62. The van der Waals surface area contributed by atoms with E-state index in [9.17, 15) is 0 Å². The quantitative estimate of drug-likeness (QED) is 0.562. The zero-order valence-corrected chi connectivity index (χ0v) is 14.1. The van der Waals surface area contributed by atoms with Crippen LogP contribution in [0.5, 0.6) is 0 Å². The maximum Gasteiger partial charge on any atom is 0.128 e. The van der Waals surface area contributed by atoms with Gasteiger partial charge in [-0.2, -0.15) is 0 Å². The first-order chi connectivity index (χ1) is 12.3. The lowest BCUT2D eigenvalue weighted by Gasteiger charge is -2.19. The number of rotatable bonds is 5. The molecule has 0 fully saturated rings. The number of hydrogen-bond acceptors (Lipinski definition) is 4. The van der Waals surface area contributed by atoms with Gasteiger partial charge in [-0.05, 0) is 28.6 Å². The molecule has 0 aliphatic rings. The van der Waals surface area contributed by atoms with E-state index in [2.05, 4.69) is 63.3 Å². The molecule has 0 atom stereocenters. The fourth-order valence-corrected chi connectivity index (χ4v) is 2.99. The summed E-state index contributed by atoms with van der Waals surface area (Å²) in [4.78, 5) is 15.0. The Labute approximate surface area is 146 Å². The molecule has 0 bridgehead atoms.